The lowest BCUT2D eigenvalue weighted by molar-refractivity contribution is 0.601. The van der Waals surface area contributed by atoms with Crippen molar-refractivity contribution in [2.45, 2.75) is 18.2 Å². The highest BCUT2D eigenvalue weighted by Gasteiger charge is 2.17. The molecule has 0 radical (unpaired) electrons. The van der Waals surface area contributed by atoms with E-state index < -0.39 is 10.0 Å². The molecule has 3 N–H and O–H groups in total. The van der Waals surface area contributed by atoms with Crippen LogP contribution < -0.4 is 10.5 Å². The molecule has 0 bridgehead atoms. The number of benzene rings is 2. The van der Waals surface area contributed by atoms with Crippen molar-refractivity contribution in [1.29, 1.82) is 0 Å². The molecule has 0 saturated carbocycles. The molecule has 0 unspecified atom stereocenters. The van der Waals surface area contributed by atoms with Crippen molar-refractivity contribution in [3.8, 4) is 0 Å². The molecule has 0 saturated heterocycles. The standard InChI is InChI=1S/C14H14BrClN2O2S/c1-2-9-3-5-11(8-13(9)17)21(19,20)18-14-7-10(15)4-6-12(14)16/h3-8,18H,2,17H2,1H3. The van der Waals surface area contributed by atoms with E-state index >= 15 is 0 Å². The molecule has 2 aromatic rings. The number of rotatable bonds is 4. The Labute approximate surface area is 137 Å². The molecule has 0 aliphatic carbocycles. The molecule has 112 valence electrons. The van der Waals surface area contributed by atoms with Gasteiger partial charge in [0.05, 0.1) is 15.6 Å². The fourth-order valence-corrected chi connectivity index (χ4v) is 3.53. The minimum atomic E-state index is -3.74. The number of hydrogen-bond acceptors (Lipinski definition) is 3. The molecule has 7 heteroatoms. The van der Waals surface area contributed by atoms with E-state index in [0.717, 1.165) is 16.5 Å². The first-order valence-electron chi connectivity index (χ1n) is 6.19. The Balaban J connectivity index is 2.38. The molecule has 0 aliphatic heterocycles. The fourth-order valence-electron chi connectivity index (χ4n) is 1.84. The largest absolute Gasteiger partial charge is 0.398 e. The Kier molecular flexibility index (Phi) is 4.81. The van der Waals surface area contributed by atoms with E-state index in [4.69, 9.17) is 17.3 Å². The van der Waals surface area contributed by atoms with Crippen molar-refractivity contribution in [3.05, 3.63) is 51.5 Å². The maximum atomic E-state index is 12.4. The van der Waals surface area contributed by atoms with Crippen LogP contribution in [-0.2, 0) is 16.4 Å². The SMILES string of the molecule is CCc1ccc(S(=O)(=O)Nc2cc(Br)ccc2Cl)cc1N. The summed E-state index contributed by atoms with van der Waals surface area (Å²) in [5.74, 6) is 0. The third-order valence-corrected chi connectivity index (χ3v) is 5.17. The maximum Gasteiger partial charge on any atom is 0.262 e. The number of anilines is 2. The van der Waals surface area contributed by atoms with Crippen molar-refractivity contribution >= 4 is 48.9 Å². The third-order valence-electron chi connectivity index (χ3n) is 2.98. The highest BCUT2D eigenvalue weighted by atomic mass is 79.9. The average molecular weight is 390 g/mol. The number of nitrogen functional groups attached to an aromatic ring is 1. The molecule has 0 atom stereocenters. The molecule has 0 spiro atoms. The van der Waals surface area contributed by atoms with Gasteiger partial charge in [-0.05, 0) is 42.3 Å². The summed E-state index contributed by atoms with van der Waals surface area (Å²) in [5.41, 5.74) is 7.53. The predicted molar refractivity (Wildman–Crippen MR) is 90.2 cm³/mol. The van der Waals surface area contributed by atoms with Crippen LogP contribution in [0.2, 0.25) is 5.02 Å². The second-order valence-electron chi connectivity index (χ2n) is 4.44. The van der Waals surface area contributed by atoms with Crippen molar-refractivity contribution in [2.24, 2.45) is 0 Å². The highest BCUT2D eigenvalue weighted by Crippen LogP contribution is 2.28. The van der Waals surface area contributed by atoms with Gasteiger partial charge in [-0.1, -0.05) is 40.5 Å². The van der Waals surface area contributed by atoms with Gasteiger partial charge in [0, 0.05) is 10.2 Å². The Morgan fingerprint density at radius 3 is 2.57 bits per heavy atom. The molecule has 0 amide bonds. The van der Waals surface area contributed by atoms with Crippen LogP contribution in [0.25, 0.3) is 0 Å². The Morgan fingerprint density at radius 2 is 1.95 bits per heavy atom. The van der Waals surface area contributed by atoms with Crippen LogP contribution >= 0.6 is 27.5 Å². The van der Waals surface area contributed by atoms with E-state index in [2.05, 4.69) is 20.7 Å². The Bertz CT molecular complexity index is 779. The zero-order valence-corrected chi connectivity index (χ0v) is 14.4. The average Bonchev–Trinajstić information content (AvgIpc) is 2.42. The second-order valence-corrected chi connectivity index (χ2v) is 7.45. The molecule has 0 aromatic heterocycles. The van der Waals surface area contributed by atoms with E-state index in [-0.39, 0.29) is 4.90 Å². The van der Waals surface area contributed by atoms with Gasteiger partial charge in [-0.25, -0.2) is 8.42 Å². The molecule has 0 aliphatic rings. The Hall–Kier alpha value is -1.24. The lowest BCUT2D eigenvalue weighted by atomic mass is 10.1. The molecule has 0 fully saturated rings. The number of nitrogens with two attached hydrogens (primary N) is 1. The van der Waals surface area contributed by atoms with Gasteiger partial charge < -0.3 is 5.73 Å². The van der Waals surface area contributed by atoms with Crippen LogP contribution in [0.1, 0.15) is 12.5 Å². The van der Waals surface area contributed by atoms with Crippen molar-refractivity contribution in [1.82, 2.24) is 0 Å². The van der Waals surface area contributed by atoms with Gasteiger partial charge in [0.15, 0.2) is 0 Å². The normalized spacial score (nSPS) is 11.4. The maximum absolute atomic E-state index is 12.4. The molecule has 4 nitrogen and oxygen atoms in total. The van der Waals surface area contributed by atoms with Crippen LogP contribution in [0.4, 0.5) is 11.4 Å². The van der Waals surface area contributed by atoms with E-state index in [1.807, 2.05) is 6.92 Å². The molecular weight excluding hydrogens is 376 g/mol. The van der Waals surface area contributed by atoms with Crippen LogP contribution in [0.15, 0.2) is 45.8 Å². The smallest absolute Gasteiger partial charge is 0.262 e. The van der Waals surface area contributed by atoms with E-state index in [1.54, 1.807) is 24.3 Å². The molecule has 0 heterocycles. The zero-order chi connectivity index (χ0) is 15.6. The molecular formula is C14H14BrClN2O2S. The summed E-state index contributed by atoms with van der Waals surface area (Å²) in [6.45, 7) is 1.96. The minimum Gasteiger partial charge on any atom is -0.398 e. The number of nitrogens with one attached hydrogen (secondary N) is 1. The lowest BCUT2D eigenvalue weighted by Gasteiger charge is -2.11. The van der Waals surface area contributed by atoms with Crippen LogP contribution in [0, 0.1) is 0 Å². The van der Waals surface area contributed by atoms with Crippen molar-refractivity contribution in [3.63, 3.8) is 0 Å². The summed E-state index contributed by atoms with van der Waals surface area (Å²) in [4.78, 5) is 0.105. The van der Waals surface area contributed by atoms with Gasteiger partial charge in [0.1, 0.15) is 0 Å². The summed E-state index contributed by atoms with van der Waals surface area (Å²) in [6, 6.07) is 9.64. The molecule has 21 heavy (non-hydrogen) atoms. The summed E-state index contributed by atoms with van der Waals surface area (Å²) >= 11 is 9.27. The first-order chi connectivity index (χ1) is 9.83. The van der Waals surface area contributed by atoms with Gasteiger partial charge >= 0.3 is 0 Å². The van der Waals surface area contributed by atoms with E-state index in [9.17, 15) is 8.42 Å². The summed E-state index contributed by atoms with van der Waals surface area (Å²) < 4.78 is 27.9. The number of hydrogen-bond donors (Lipinski definition) is 2. The number of sulfonamides is 1. The topological polar surface area (TPSA) is 72.2 Å². The van der Waals surface area contributed by atoms with Crippen LogP contribution in [0.5, 0.6) is 0 Å². The monoisotopic (exact) mass is 388 g/mol. The minimum absolute atomic E-state index is 0.105. The highest BCUT2D eigenvalue weighted by molar-refractivity contribution is 9.10. The Morgan fingerprint density at radius 1 is 1.24 bits per heavy atom. The second kappa shape index (κ2) is 6.25. The van der Waals surface area contributed by atoms with Crippen molar-refractivity contribution in [2.75, 3.05) is 10.5 Å². The van der Waals surface area contributed by atoms with Gasteiger partial charge in [-0.15, -0.1) is 0 Å². The molecule has 2 aromatic carbocycles. The van der Waals surface area contributed by atoms with E-state index in [1.165, 1.54) is 12.1 Å². The molecule has 2 rings (SSSR count). The summed E-state index contributed by atoms with van der Waals surface area (Å²) in [6.07, 6.45) is 0.747. The lowest BCUT2D eigenvalue weighted by Crippen LogP contribution is -2.14. The fraction of sp³-hybridized carbons (Fsp3) is 0.143. The zero-order valence-electron chi connectivity index (χ0n) is 11.2. The number of aryl methyl sites for hydroxylation is 1. The van der Waals surface area contributed by atoms with Gasteiger partial charge in [-0.3, -0.25) is 4.72 Å². The quantitative estimate of drug-likeness (QED) is 0.775. The van der Waals surface area contributed by atoms with E-state index in [0.29, 0.717) is 16.4 Å². The third kappa shape index (κ3) is 3.70. The first kappa shape index (κ1) is 16.1. The summed E-state index contributed by atoms with van der Waals surface area (Å²) in [5, 5.41) is 0.319. The van der Waals surface area contributed by atoms with Gasteiger partial charge in [0.2, 0.25) is 0 Å². The predicted octanol–water partition coefficient (Wildman–Crippen LogP) is 4.05. The summed E-state index contributed by atoms with van der Waals surface area (Å²) in [7, 11) is -3.74. The van der Waals surface area contributed by atoms with Gasteiger partial charge in [-0.2, -0.15) is 0 Å². The van der Waals surface area contributed by atoms with Gasteiger partial charge in [0.25, 0.3) is 10.0 Å². The van der Waals surface area contributed by atoms with Crippen molar-refractivity contribution < 1.29 is 8.42 Å². The van der Waals surface area contributed by atoms with Crippen LogP contribution in [0.3, 0.4) is 0 Å². The first-order valence-corrected chi connectivity index (χ1v) is 8.85. The van der Waals surface area contributed by atoms with Crippen LogP contribution in [-0.4, -0.2) is 8.42 Å². The number of halogens is 2.